The van der Waals surface area contributed by atoms with Crippen LogP contribution >= 0.6 is 0 Å². The molecule has 90 valence electrons. The normalized spacial score (nSPS) is 23.9. The Morgan fingerprint density at radius 3 is 1.69 bits per heavy atom. The van der Waals surface area contributed by atoms with E-state index in [2.05, 4.69) is 0 Å². The van der Waals surface area contributed by atoms with Gasteiger partial charge >= 0.3 is 11.9 Å². The van der Waals surface area contributed by atoms with Gasteiger partial charge in [0.25, 0.3) is 0 Å². The Labute approximate surface area is 95.6 Å². The fourth-order valence-electron chi connectivity index (χ4n) is 1.83. The molecule has 4 heteroatoms. The van der Waals surface area contributed by atoms with Crippen molar-refractivity contribution >= 4 is 11.9 Å². The van der Waals surface area contributed by atoms with Gasteiger partial charge in [-0.15, -0.1) is 0 Å². The van der Waals surface area contributed by atoms with E-state index in [1.54, 1.807) is 13.8 Å². The molecule has 0 fully saturated rings. The van der Waals surface area contributed by atoms with Crippen LogP contribution in [0.2, 0.25) is 0 Å². The highest BCUT2D eigenvalue weighted by Gasteiger charge is 2.35. The second-order valence-corrected chi connectivity index (χ2v) is 3.66. The Morgan fingerprint density at radius 2 is 1.38 bits per heavy atom. The first-order valence-corrected chi connectivity index (χ1v) is 5.69. The van der Waals surface area contributed by atoms with Crippen molar-refractivity contribution < 1.29 is 19.1 Å². The van der Waals surface area contributed by atoms with Gasteiger partial charge in [-0.2, -0.15) is 0 Å². The second-order valence-electron chi connectivity index (χ2n) is 3.66. The summed E-state index contributed by atoms with van der Waals surface area (Å²) in [5, 5.41) is 0. The molecule has 2 atom stereocenters. The Morgan fingerprint density at radius 1 is 1.00 bits per heavy atom. The summed E-state index contributed by atoms with van der Waals surface area (Å²) < 4.78 is 9.92. The summed E-state index contributed by atoms with van der Waals surface area (Å²) in [5.41, 5.74) is 0. The molecule has 4 nitrogen and oxygen atoms in total. The van der Waals surface area contributed by atoms with Crippen molar-refractivity contribution in [3.63, 3.8) is 0 Å². The molecule has 0 aromatic carbocycles. The van der Waals surface area contributed by atoms with Crippen LogP contribution in [-0.2, 0) is 19.1 Å². The SMILES string of the molecule is CCOC(=O)[C@H]1CC=CC[C@H]1C(=O)OCC. The Balaban J connectivity index is 2.68. The standard InChI is InChI=1S/C12H18O4/c1-3-15-11(13)9-7-5-6-8-10(9)12(14)16-4-2/h5-6,9-10H,3-4,7-8H2,1-2H3/t9-,10+. The van der Waals surface area contributed by atoms with E-state index in [4.69, 9.17) is 9.47 Å². The second kappa shape index (κ2) is 6.30. The molecule has 0 amide bonds. The molecule has 0 heterocycles. The van der Waals surface area contributed by atoms with Crippen LogP contribution in [0, 0.1) is 11.8 Å². The average molecular weight is 226 g/mol. The Kier molecular flexibility index (Phi) is 5.02. The van der Waals surface area contributed by atoms with Crippen LogP contribution in [0.1, 0.15) is 26.7 Å². The van der Waals surface area contributed by atoms with Crippen LogP contribution in [0.4, 0.5) is 0 Å². The number of rotatable bonds is 4. The number of esters is 2. The third kappa shape index (κ3) is 3.08. The van der Waals surface area contributed by atoms with Crippen LogP contribution in [0.25, 0.3) is 0 Å². The quantitative estimate of drug-likeness (QED) is 0.540. The van der Waals surface area contributed by atoms with E-state index in [0.29, 0.717) is 26.1 Å². The molecule has 0 unspecified atom stereocenters. The molecular formula is C12H18O4. The van der Waals surface area contributed by atoms with Crippen molar-refractivity contribution in [2.45, 2.75) is 26.7 Å². The zero-order valence-corrected chi connectivity index (χ0v) is 9.77. The van der Waals surface area contributed by atoms with E-state index in [-0.39, 0.29) is 23.8 Å². The van der Waals surface area contributed by atoms with Crippen LogP contribution < -0.4 is 0 Å². The van der Waals surface area contributed by atoms with Gasteiger partial charge in [-0.05, 0) is 26.7 Å². The molecular weight excluding hydrogens is 208 g/mol. The predicted molar refractivity (Wildman–Crippen MR) is 58.6 cm³/mol. The minimum Gasteiger partial charge on any atom is -0.466 e. The lowest BCUT2D eigenvalue weighted by Gasteiger charge is -2.24. The molecule has 1 rings (SSSR count). The Bertz CT molecular complexity index is 255. The summed E-state index contributed by atoms with van der Waals surface area (Å²) in [6.07, 6.45) is 4.94. The van der Waals surface area contributed by atoms with E-state index in [9.17, 15) is 9.59 Å². The third-order valence-corrected chi connectivity index (χ3v) is 2.61. The summed E-state index contributed by atoms with van der Waals surface area (Å²) in [6, 6.07) is 0. The number of hydrogen-bond donors (Lipinski definition) is 0. The fourth-order valence-corrected chi connectivity index (χ4v) is 1.83. The fraction of sp³-hybridized carbons (Fsp3) is 0.667. The van der Waals surface area contributed by atoms with Crippen molar-refractivity contribution in [1.82, 2.24) is 0 Å². The highest BCUT2D eigenvalue weighted by atomic mass is 16.5. The van der Waals surface area contributed by atoms with Gasteiger partial charge in [-0.1, -0.05) is 12.2 Å². The molecule has 1 aliphatic rings. The van der Waals surface area contributed by atoms with Gasteiger partial charge in [0.1, 0.15) is 0 Å². The van der Waals surface area contributed by atoms with Gasteiger partial charge < -0.3 is 9.47 Å². The van der Waals surface area contributed by atoms with Crippen molar-refractivity contribution in [2.24, 2.45) is 11.8 Å². The largest absolute Gasteiger partial charge is 0.466 e. The van der Waals surface area contributed by atoms with Gasteiger partial charge in [-0.25, -0.2) is 0 Å². The lowest BCUT2D eigenvalue weighted by molar-refractivity contribution is -0.160. The number of allylic oxidation sites excluding steroid dienone is 2. The van der Waals surface area contributed by atoms with Crippen molar-refractivity contribution in [2.75, 3.05) is 13.2 Å². The summed E-state index contributed by atoms with van der Waals surface area (Å²) >= 11 is 0. The number of carbonyl (C=O) groups excluding carboxylic acids is 2. The number of hydrogen-bond acceptors (Lipinski definition) is 4. The van der Waals surface area contributed by atoms with Gasteiger partial charge in [0, 0.05) is 0 Å². The van der Waals surface area contributed by atoms with E-state index >= 15 is 0 Å². The number of ether oxygens (including phenoxy) is 2. The van der Waals surface area contributed by atoms with Crippen molar-refractivity contribution in [1.29, 1.82) is 0 Å². The van der Waals surface area contributed by atoms with Crippen LogP contribution in [0.15, 0.2) is 12.2 Å². The highest BCUT2D eigenvalue weighted by Crippen LogP contribution is 2.27. The summed E-state index contributed by atoms with van der Waals surface area (Å²) in [4.78, 5) is 23.3. The average Bonchev–Trinajstić information content (AvgIpc) is 2.30. The first-order valence-electron chi connectivity index (χ1n) is 5.69. The maximum atomic E-state index is 11.7. The summed E-state index contributed by atoms with van der Waals surface area (Å²) in [6.45, 7) is 4.20. The van der Waals surface area contributed by atoms with E-state index < -0.39 is 0 Å². The first-order chi connectivity index (χ1) is 7.70. The predicted octanol–water partition coefficient (Wildman–Crippen LogP) is 1.70. The van der Waals surface area contributed by atoms with Crippen molar-refractivity contribution in [3.05, 3.63) is 12.2 Å². The maximum Gasteiger partial charge on any atom is 0.310 e. The lowest BCUT2D eigenvalue weighted by Crippen LogP contribution is -2.33. The monoisotopic (exact) mass is 226 g/mol. The molecule has 0 bridgehead atoms. The zero-order chi connectivity index (χ0) is 12.0. The van der Waals surface area contributed by atoms with Gasteiger partial charge in [0.15, 0.2) is 0 Å². The molecule has 0 aliphatic heterocycles. The molecule has 1 aliphatic carbocycles. The Hall–Kier alpha value is -1.32. The minimum absolute atomic E-state index is 0.301. The van der Waals surface area contributed by atoms with E-state index in [1.165, 1.54) is 0 Å². The lowest BCUT2D eigenvalue weighted by atomic mass is 9.83. The molecule has 0 saturated carbocycles. The molecule has 0 radical (unpaired) electrons. The molecule has 0 aromatic rings. The maximum absolute atomic E-state index is 11.7. The van der Waals surface area contributed by atoms with Crippen LogP contribution in [-0.4, -0.2) is 25.2 Å². The third-order valence-electron chi connectivity index (χ3n) is 2.61. The van der Waals surface area contributed by atoms with E-state index in [0.717, 1.165) is 0 Å². The van der Waals surface area contributed by atoms with Crippen molar-refractivity contribution in [3.8, 4) is 0 Å². The molecule has 0 spiro atoms. The van der Waals surface area contributed by atoms with Crippen LogP contribution in [0.3, 0.4) is 0 Å². The molecule has 0 saturated heterocycles. The van der Waals surface area contributed by atoms with Gasteiger partial charge in [0.05, 0.1) is 25.0 Å². The molecule has 16 heavy (non-hydrogen) atoms. The van der Waals surface area contributed by atoms with Gasteiger partial charge in [-0.3, -0.25) is 9.59 Å². The molecule has 0 N–H and O–H groups in total. The minimum atomic E-state index is -0.385. The molecule has 0 aromatic heterocycles. The first kappa shape index (κ1) is 12.7. The van der Waals surface area contributed by atoms with E-state index in [1.807, 2.05) is 12.2 Å². The highest BCUT2D eigenvalue weighted by molar-refractivity contribution is 5.82. The topological polar surface area (TPSA) is 52.6 Å². The summed E-state index contributed by atoms with van der Waals surface area (Å²) in [5.74, 6) is -1.37. The summed E-state index contributed by atoms with van der Waals surface area (Å²) in [7, 11) is 0. The van der Waals surface area contributed by atoms with Gasteiger partial charge in [0.2, 0.25) is 0 Å². The van der Waals surface area contributed by atoms with Crippen LogP contribution in [0.5, 0.6) is 0 Å². The zero-order valence-electron chi connectivity index (χ0n) is 9.77. The smallest absolute Gasteiger partial charge is 0.310 e. The number of carbonyl (C=O) groups is 2.